The summed E-state index contributed by atoms with van der Waals surface area (Å²) in [6, 6.07) is 4.82. The van der Waals surface area contributed by atoms with Crippen molar-refractivity contribution < 1.29 is 4.79 Å². The van der Waals surface area contributed by atoms with Crippen LogP contribution >= 0.6 is 23.2 Å². The lowest BCUT2D eigenvalue weighted by Crippen LogP contribution is -2.14. The monoisotopic (exact) mass is 298 g/mol. The first-order valence-electron chi connectivity index (χ1n) is 5.60. The molecule has 0 bridgehead atoms. The predicted molar refractivity (Wildman–Crippen MR) is 76.7 cm³/mol. The number of hydrogen-bond acceptors (Lipinski definition) is 3. The molecule has 0 atom stereocenters. The number of nitrogens with zero attached hydrogens (tertiary/aromatic N) is 2. The topological polar surface area (TPSA) is 72.9 Å². The molecule has 1 amide bonds. The van der Waals surface area contributed by atoms with Gasteiger partial charge in [0.15, 0.2) is 5.69 Å². The Morgan fingerprint density at radius 2 is 2.16 bits per heavy atom. The Morgan fingerprint density at radius 3 is 2.74 bits per heavy atom. The Labute approximate surface area is 120 Å². The number of amides is 1. The van der Waals surface area contributed by atoms with Crippen molar-refractivity contribution in [1.82, 2.24) is 9.78 Å². The van der Waals surface area contributed by atoms with Gasteiger partial charge in [0.05, 0.1) is 15.7 Å². The maximum atomic E-state index is 12.0. The number of benzene rings is 1. The molecular weight excluding hydrogens is 287 g/mol. The van der Waals surface area contributed by atoms with Gasteiger partial charge in [-0.2, -0.15) is 5.10 Å². The van der Waals surface area contributed by atoms with Gasteiger partial charge in [-0.05, 0) is 25.1 Å². The summed E-state index contributed by atoms with van der Waals surface area (Å²) >= 11 is 11.7. The van der Waals surface area contributed by atoms with Crippen LogP contribution in [0.25, 0.3) is 0 Å². The fourth-order valence-electron chi connectivity index (χ4n) is 1.54. The number of carbonyl (C=O) groups excluding carboxylic acids is 1. The minimum atomic E-state index is -0.386. The zero-order valence-electron chi connectivity index (χ0n) is 10.2. The van der Waals surface area contributed by atoms with Crippen molar-refractivity contribution in [3.8, 4) is 0 Å². The summed E-state index contributed by atoms with van der Waals surface area (Å²) in [7, 11) is 0. The second-order valence-electron chi connectivity index (χ2n) is 3.87. The molecular formula is C12H12Cl2N4O. The first kappa shape index (κ1) is 13.7. The first-order chi connectivity index (χ1) is 9.01. The lowest BCUT2D eigenvalue weighted by Gasteiger charge is -2.05. The molecule has 7 heteroatoms. The van der Waals surface area contributed by atoms with E-state index in [1.807, 2.05) is 6.92 Å². The highest BCUT2D eigenvalue weighted by molar-refractivity contribution is 6.42. The van der Waals surface area contributed by atoms with E-state index in [0.29, 0.717) is 28.0 Å². The highest BCUT2D eigenvalue weighted by atomic mass is 35.5. The van der Waals surface area contributed by atoms with Gasteiger partial charge >= 0.3 is 0 Å². The van der Waals surface area contributed by atoms with Gasteiger partial charge in [0.1, 0.15) is 0 Å². The second-order valence-corrected chi connectivity index (χ2v) is 4.69. The van der Waals surface area contributed by atoms with Gasteiger partial charge in [-0.3, -0.25) is 9.48 Å². The Hall–Kier alpha value is -1.72. The van der Waals surface area contributed by atoms with Crippen LogP contribution in [0.5, 0.6) is 0 Å². The minimum Gasteiger partial charge on any atom is -0.396 e. The number of aromatic nitrogens is 2. The van der Waals surface area contributed by atoms with Gasteiger partial charge < -0.3 is 11.1 Å². The van der Waals surface area contributed by atoms with E-state index < -0.39 is 0 Å². The Kier molecular flexibility index (Phi) is 3.97. The van der Waals surface area contributed by atoms with Crippen LogP contribution in [0.4, 0.5) is 11.4 Å². The van der Waals surface area contributed by atoms with Crippen molar-refractivity contribution >= 4 is 40.5 Å². The molecule has 0 fully saturated rings. The molecule has 0 saturated heterocycles. The van der Waals surface area contributed by atoms with E-state index in [4.69, 9.17) is 28.9 Å². The van der Waals surface area contributed by atoms with Crippen LogP contribution in [-0.2, 0) is 6.54 Å². The number of nitrogens with one attached hydrogen (secondary N) is 1. The summed E-state index contributed by atoms with van der Waals surface area (Å²) in [5.74, 6) is -0.386. The van der Waals surface area contributed by atoms with Crippen LogP contribution in [0.15, 0.2) is 24.4 Å². The third kappa shape index (κ3) is 3.00. The van der Waals surface area contributed by atoms with Gasteiger partial charge in [0.2, 0.25) is 0 Å². The van der Waals surface area contributed by atoms with E-state index in [2.05, 4.69) is 10.4 Å². The summed E-state index contributed by atoms with van der Waals surface area (Å²) in [6.45, 7) is 2.55. The number of hydrogen-bond donors (Lipinski definition) is 2. The molecule has 0 radical (unpaired) electrons. The molecule has 0 aliphatic carbocycles. The number of halogens is 2. The molecule has 0 saturated carbocycles. The summed E-state index contributed by atoms with van der Waals surface area (Å²) in [6.07, 6.45) is 1.61. The largest absolute Gasteiger partial charge is 0.396 e. The molecule has 19 heavy (non-hydrogen) atoms. The molecule has 3 N–H and O–H groups in total. The molecule has 1 heterocycles. The van der Waals surface area contributed by atoms with E-state index in [1.165, 1.54) is 0 Å². The molecule has 2 rings (SSSR count). The number of nitrogen functional groups attached to an aromatic ring is 1. The Morgan fingerprint density at radius 1 is 1.42 bits per heavy atom. The van der Waals surface area contributed by atoms with Crippen LogP contribution in [0.1, 0.15) is 17.4 Å². The van der Waals surface area contributed by atoms with Crippen LogP contribution < -0.4 is 11.1 Å². The average Bonchev–Trinajstić information content (AvgIpc) is 2.75. The summed E-state index contributed by atoms with van der Waals surface area (Å²) in [5.41, 5.74) is 6.79. The molecule has 5 nitrogen and oxygen atoms in total. The van der Waals surface area contributed by atoms with Crippen molar-refractivity contribution in [2.45, 2.75) is 13.5 Å². The number of rotatable bonds is 3. The Balaban J connectivity index is 2.20. The zero-order chi connectivity index (χ0) is 14.0. The highest BCUT2D eigenvalue weighted by Crippen LogP contribution is 2.25. The third-order valence-corrected chi connectivity index (χ3v) is 3.25. The van der Waals surface area contributed by atoms with Gasteiger partial charge in [0.25, 0.3) is 5.91 Å². The van der Waals surface area contributed by atoms with E-state index in [9.17, 15) is 4.79 Å². The standard InChI is InChI=1S/C12H12Cl2N4O/c1-2-18-6-10(15)11(17-18)12(19)16-7-3-4-8(13)9(14)5-7/h3-6H,2,15H2,1H3,(H,16,19). The minimum absolute atomic E-state index is 0.188. The van der Waals surface area contributed by atoms with Crippen molar-refractivity contribution in [2.24, 2.45) is 0 Å². The van der Waals surface area contributed by atoms with E-state index in [1.54, 1.807) is 29.1 Å². The fourth-order valence-corrected chi connectivity index (χ4v) is 1.84. The zero-order valence-corrected chi connectivity index (χ0v) is 11.7. The number of carbonyl (C=O) groups is 1. The summed E-state index contributed by atoms with van der Waals surface area (Å²) in [4.78, 5) is 12.0. The first-order valence-corrected chi connectivity index (χ1v) is 6.36. The number of aryl methyl sites for hydroxylation is 1. The average molecular weight is 299 g/mol. The van der Waals surface area contributed by atoms with Crippen LogP contribution in [0.2, 0.25) is 10.0 Å². The summed E-state index contributed by atoms with van der Waals surface area (Å²) < 4.78 is 1.60. The van der Waals surface area contributed by atoms with E-state index in [-0.39, 0.29) is 11.6 Å². The number of anilines is 2. The van der Waals surface area contributed by atoms with Crippen molar-refractivity contribution in [3.05, 3.63) is 40.1 Å². The van der Waals surface area contributed by atoms with Crippen LogP contribution in [-0.4, -0.2) is 15.7 Å². The molecule has 100 valence electrons. The van der Waals surface area contributed by atoms with E-state index >= 15 is 0 Å². The predicted octanol–water partition coefficient (Wildman–Crippen LogP) is 3.04. The molecule has 1 aromatic heterocycles. The van der Waals surface area contributed by atoms with Crippen molar-refractivity contribution in [2.75, 3.05) is 11.1 Å². The van der Waals surface area contributed by atoms with Crippen LogP contribution in [0.3, 0.4) is 0 Å². The molecule has 0 spiro atoms. The molecule has 2 aromatic rings. The van der Waals surface area contributed by atoms with Crippen LogP contribution in [0, 0.1) is 0 Å². The second kappa shape index (κ2) is 5.50. The van der Waals surface area contributed by atoms with Gasteiger partial charge in [-0.25, -0.2) is 0 Å². The fraction of sp³-hybridized carbons (Fsp3) is 0.167. The van der Waals surface area contributed by atoms with E-state index in [0.717, 1.165) is 0 Å². The SMILES string of the molecule is CCn1cc(N)c(C(=O)Nc2ccc(Cl)c(Cl)c2)n1. The van der Waals surface area contributed by atoms with Gasteiger partial charge in [-0.15, -0.1) is 0 Å². The maximum Gasteiger partial charge on any atom is 0.278 e. The van der Waals surface area contributed by atoms with Crippen molar-refractivity contribution in [1.29, 1.82) is 0 Å². The number of nitrogens with two attached hydrogens (primary N) is 1. The maximum absolute atomic E-state index is 12.0. The highest BCUT2D eigenvalue weighted by Gasteiger charge is 2.15. The molecule has 0 unspecified atom stereocenters. The Bertz CT molecular complexity index is 624. The van der Waals surface area contributed by atoms with Gasteiger partial charge in [-0.1, -0.05) is 23.2 Å². The lowest BCUT2D eigenvalue weighted by atomic mass is 10.3. The third-order valence-electron chi connectivity index (χ3n) is 2.51. The molecule has 1 aromatic carbocycles. The van der Waals surface area contributed by atoms with Gasteiger partial charge in [0, 0.05) is 18.4 Å². The quantitative estimate of drug-likeness (QED) is 0.915. The normalized spacial score (nSPS) is 10.5. The molecule has 0 aliphatic heterocycles. The molecule has 0 aliphatic rings. The smallest absolute Gasteiger partial charge is 0.278 e. The summed E-state index contributed by atoms with van der Waals surface area (Å²) in [5, 5.41) is 7.54. The van der Waals surface area contributed by atoms with Crippen molar-refractivity contribution in [3.63, 3.8) is 0 Å². The lowest BCUT2D eigenvalue weighted by molar-refractivity contribution is 0.102.